The largest absolute Gasteiger partial charge is 0.497 e. The molecule has 2 fully saturated rings. The quantitative estimate of drug-likeness (QED) is 0.344. The van der Waals surface area contributed by atoms with Crippen LogP contribution in [0.5, 0.6) is 5.75 Å². The van der Waals surface area contributed by atoms with Crippen LogP contribution in [0.1, 0.15) is 36.5 Å². The zero-order valence-electron chi connectivity index (χ0n) is 28.7. The van der Waals surface area contributed by atoms with E-state index >= 15 is 0 Å². The number of piperazine rings is 1. The molecule has 2 aromatic heterocycles. The molecule has 18 heteroatoms. The highest BCUT2D eigenvalue weighted by molar-refractivity contribution is 6.05. The summed E-state index contributed by atoms with van der Waals surface area (Å²) < 4.78 is 88.2. The molecular formula is C34H38F6N8O4. The van der Waals surface area contributed by atoms with Gasteiger partial charge in [0.15, 0.2) is 5.82 Å². The molecule has 2 saturated heterocycles. The number of hydrogen-bond donors (Lipinski definition) is 1. The van der Waals surface area contributed by atoms with Gasteiger partial charge in [-0.05, 0) is 56.6 Å². The van der Waals surface area contributed by atoms with Gasteiger partial charge in [0.2, 0.25) is 5.91 Å². The van der Waals surface area contributed by atoms with E-state index in [1.54, 1.807) is 41.0 Å². The Kier molecular flexibility index (Phi) is 10.1. The van der Waals surface area contributed by atoms with Crippen LogP contribution in [0.3, 0.4) is 0 Å². The number of amides is 2. The summed E-state index contributed by atoms with van der Waals surface area (Å²) in [6, 6.07) is 6.18. The molecule has 6 rings (SSSR count). The summed E-state index contributed by atoms with van der Waals surface area (Å²) in [5.41, 5.74) is -3.33. The average Bonchev–Trinajstić information content (AvgIpc) is 3.10. The first-order valence-corrected chi connectivity index (χ1v) is 16.7. The van der Waals surface area contributed by atoms with Crippen molar-refractivity contribution >= 4 is 29.0 Å². The Morgan fingerprint density at radius 3 is 2.33 bits per heavy atom. The minimum Gasteiger partial charge on any atom is -0.497 e. The zero-order valence-corrected chi connectivity index (χ0v) is 28.7. The number of carbonyl (C=O) groups is 2. The van der Waals surface area contributed by atoms with Crippen LogP contribution in [0.4, 0.5) is 43.5 Å². The van der Waals surface area contributed by atoms with Crippen molar-refractivity contribution in [3.05, 3.63) is 69.8 Å². The van der Waals surface area contributed by atoms with Gasteiger partial charge in [0.25, 0.3) is 11.5 Å². The maximum absolute atomic E-state index is 14.2. The monoisotopic (exact) mass is 736 g/mol. The Labute approximate surface area is 294 Å². The molecule has 3 aliphatic rings. The van der Waals surface area contributed by atoms with Crippen LogP contribution >= 0.6 is 0 Å². The number of alkyl halides is 6. The van der Waals surface area contributed by atoms with Crippen molar-refractivity contribution < 1.29 is 40.7 Å². The summed E-state index contributed by atoms with van der Waals surface area (Å²) in [6.45, 7) is 3.46. The molecule has 0 spiro atoms. The van der Waals surface area contributed by atoms with Crippen molar-refractivity contribution in [2.45, 2.75) is 50.7 Å². The van der Waals surface area contributed by atoms with Crippen LogP contribution in [0.2, 0.25) is 0 Å². The zero-order chi connectivity index (χ0) is 37.5. The van der Waals surface area contributed by atoms with Gasteiger partial charge >= 0.3 is 12.4 Å². The number of nitrogens with one attached hydrogen (secondary N) is 1. The lowest BCUT2D eigenvalue weighted by Crippen LogP contribution is -2.64. The maximum Gasteiger partial charge on any atom is 0.423 e. The molecule has 3 aromatic rings. The van der Waals surface area contributed by atoms with Gasteiger partial charge in [-0.1, -0.05) is 12.1 Å². The molecule has 2 amide bonds. The molecule has 0 saturated carbocycles. The Morgan fingerprint density at radius 1 is 1.00 bits per heavy atom. The van der Waals surface area contributed by atoms with Crippen molar-refractivity contribution in [3.63, 3.8) is 0 Å². The molecule has 1 aromatic carbocycles. The third kappa shape index (κ3) is 7.52. The summed E-state index contributed by atoms with van der Waals surface area (Å²) in [5.74, 6) is -0.0578. The first-order chi connectivity index (χ1) is 24.5. The van der Waals surface area contributed by atoms with E-state index in [4.69, 9.17) is 4.74 Å². The van der Waals surface area contributed by atoms with Gasteiger partial charge < -0.3 is 29.7 Å². The van der Waals surface area contributed by atoms with E-state index in [9.17, 15) is 40.7 Å². The minimum atomic E-state index is -4.93. The fourth-order valence-corrected chi connectivity index (χ4v) is 7.07. The standard InChI is InChI=1S/C34H38F6N8O4/c1-20(43-25-16-42-48(32(51)28(25)34(38,39)40)18-21-4-6-24(52-3)7-5-21)17-45-10-8-22(9-11-45)30(49)46-12-13-47-27(19-46)31(50)44(2)26-14-23(33(35,36)37)15-41-29(26)47/h4-7,14-16,20,22,27,43H,8-13,17-19H2,1-3H3/t20-,27?/m0/s1. The third-order valence-corrected chi connectivity index (χ3v) is 9.81. The number of halogens is 6. The predicted molar refractivity (Wildman–Crippen MR) is 178 cm³/mol. The Bertz CT molecular complexity index is 1860. The van der Waals surface area contributed by atoms with Crippen LogP contribution in [0.15, 0.2) is 47.5 Å². The summed E-state index contributed by atoms with van der Waals surface area (Å²) >= 11 is 0. The topological polar surface area (TPSA) is 116 Å². The molecule has 1 N–H and O–H groups in total. The summed E-state index contributed by atoms with van der Waals surface area (Å²) in [4.78, 5) is 50.3. The normalized spacial score (nSPS) is 19.3. The number of aromatic nitrogens is 3. The molecule has 2 atom stereocenters. The lowest BCUT2D eigenvalue weighted by Gasteiger charge is -2.47. The van der Waals surface area contributed by atoms with Gasteiger partial charge in [0.1, 0.15) is 17.4 Å². The first-order valence-electron chi connectivity index (χ1n) is 16.7. The Morgan fingerprint density at radius 2 is 1.69 bits per heavy atom. The highest BCUT2D eigenvalue weighted by atomic mass is 19.4. The highest BCUT2D eigenvalue weighted by Crippen LogP contribution is 2.40. The summed E-state index contributed by atoms with van der Waals surface area (Å²) in [7, 11) is 2.88. The van der Waals surface area contributed by atoms with Crippen LogP contribution in [0.25, 0.3) is 0 Å². The molecule has 12 nitrogen and oxygen atoms in total. The Hall–Kier alpha value is -4.87. The first kappa shape index (κ1) is 36.9. The molecule has 5 heterocycles. The number of nitrogens with zero attached hydrogens (tertiary/aromatic N) is 7. The number of ether oxygens (including phenoxy) is 1. The summed E-state index contributed by atoms with van der Waals surface area (Å²) in [6.07, 6.45) is -6.80. The average molecular weight is 737 g/mol. The van der Waals surface area contributed by atoms with E-state index in [1.807, 2.05) is 4.90 Å². The molecule has 3 aliphatic heterocycles. The number of hydrogen-bond acceptors (Lipinski definition) is 9. The number of fused-ring (bicyclic) bond motifs is 3. The molecule has 280 valence electrons. The molecule has 0 aliphatic carbocycles. The molecule has 0 bridgehead atoms. The number of carbonyl (C=O) groups excluding carboxylic acids is 2. The number of methoxy groups -OCH3 is 1. The molecule has 52 heavy (non-hydrogen) atoms. The van der Waals surface area contributed by atoms with Gasteiger partial charge in [-0.2, -0.15) is 31.4 Å². The van der Waals surface area contributed by atoms with Crippen molar-refractivity contribution in [2.75, 3.05) is 68.5 Å². The Balaban J connectivity index is 1.04. The molecule has 1 unspecified atom stereocenters. The van der Waals surface area contributed by atoms with Gasteiger partial charge in [0.05, 0.1) is 43.3 Å². The van der Waals surface area contributed by atoms with E-state index in [0.29, 0.717) is 43.8 Å². The molecular weight excluding hydrogens is 698 g/mol. The minimum absolute atomic E-state index is 0.0620. The van der Waals surface area contributed by atoms with Crippen LogP contribution < -0.4 is 25.4 Å². The number of piperidine rings is 1. The summed E-state index contributed by atoms with van der Waals surface area (Å²) in [5, 5.41) is 6.82. The smallest absolute Gasteiger partial charge is 0.423 e. The number of likely N-dealkylation sites (tertiary alicyclic amines) is 1. The second-order valence-electron chi connectivity index (χ2n) is 13.3. The van der Waals surface area contributed by atoms with Crippen molar-refractivity contribution in [1.29, 1.82) is 0 Å². The van der Waals surface area contributed by atoms with Crippen LogP contribution in [0, 0.1) is 5.92 Å². The highest BCUT2D eigenvalue weighted by Gasteiger charge is 2.44. The fourth-order valence-electron chi connectivity index (χ4n) is 7.07. The van der Waals surface area contributed by atoms with Crippen molar-refractivity contribution in [2.24, 2.45) is 5.92 Å². The van der Waals surface area contributed by atoms with Crippen LogP contribution in [-0.4, -0.2) is 102 Å². The number of anilines is 3. The van der Waals surface area contributed by atoms with Gasteiger partial charge in [-0.15, -0.1) is 0 Å². The molecule has 0 radical (unpaired) electrons. The second-order valence-corrected chi connectivity index (χ2v) is 13.3. The number of likely N-dealkylation sites (N-methyl/N-ethyl adjacent to an activating group) is 1. The van der Waals surface area contributed by atoms with E-state index in [-0.39, 0.29) is 49.5 Å². The lowest BCUT2D eigenvalue weighted by atomic mass is 9.94. The van der Waals surface area contributed by atoms with Crippen LogP contribution in [-0.2, 0) is 28.5 Å². The fraction of sp³-hybridized carbons (Fsp3) is 0.500. The van der Waals surface area contributed by atoms with E-state index in [0.717, 1.165) is 28.0 Å². The van der Waals surface area contributed by atoms with Gasteiger partial charge in [-0.3, -0.25) is 14.4 Å². The van der Waals surface area contributed by atoms with Crippen molar-refractivity contribution in [1.82, 2.24) is 24.6 Å². The number of pyridine rings is 1. The maximum atomic E-state index is 14.2. The number of benzene rings is 1. The lowest BCUT2D eigenvalue weighted by molar-refractivity contribution is -0.139. The van der Waals surface area contributed by atoms with Gasteiger partial charge in [-0.25, -0.2) is 9.67 Å². The third-order valence-electron chi connectivity index (χ3n) is 9.81. The van der Waals surface area contributed by atoms with E-state index in [1.165, 1.54) is 14.2 Å². The van der Waals surface area contributed by atoms with E-state index in [2.05, 4.69) is 15.4 Å². The van der Waals surface area contributed by atoms with E-state index < -0.39 is 52.7 Å². The van der Waals surface area contributed by atoms with Gasteiger partial charge in [0, 0.05) is 44.8 Å². The van der Waals surface area contributed by atoms with Crippen molar-refractivity contribution in [3.8, 4) is 5.75 Å². The second kappa shape index (κ2) is 14.3. The SMILES string of the molecule is COc1ccc(Cn2ncc(N[C@@H](C)CN3CCC(C(=O)N4CCN5c6ncc(C(F)(F)F)cc6N(C)C(=O)C5C4)CC3)c(C(F)(F)F)c2=O)cc1. The number of rotatable bonds is 8. The predicted octanol–water partition coefficient (Wildman–Crippen LogP) is 3.94.